The summed E-state index contributed by atoms with van der Waals surface area (Å²) in [5.74, 6) is -3.60. The van der Waals surface area contributed by atoms with Crippen LogP contribution in [0.3, 0.4) is 0 Å². The number of benzene rings is 2. The highest BCUT2D eigenvalue weighted by Crippen LogP contribution is 2.41. The molecule has 304 valence electrons. The molecule has 6 rings (SSSR count). The van der Waals surface area contributed by atoms with Gasteiger partial charge in [-0.3, -0.25) is 4.79 Å². The van der Waals surface area contributed by atoms with E-state index in [-0.39, 0.29) is 17.1 Å². The van der Waals surface area contributed by atoms with E-state index in [1.165, 1.54) is 6.07 Å². The van der Waals surface area contributed by atoms with Crippen molar-refractivity contribution in [3.63, 3.8) is 0 Å². The van der Waals surface area contributed by atoms with Gasteiger partial charge < -0.3 is 104 Å². The van der Waals surface area contributed by atoms with Crippen LogP contribution in [-0.2, 0) is 14.2 Å². The van der Waals surface area contributed by atoms with Gasteiger partial charge in [0.05, 0.1) is 19.8 Å². The standard InChI is InChI=1S/C33H40O22/c34-6-15-19(38)23(42)27(46)31(53-15)49-10-4-13-18(14(5-10)52-33-29(48)25(44)21(40)17(8-36)55-33)22(41)26(45)30(50-13)9-1-2-12(11(37)3-9)51-32-28(47)24(43)20(39)16(7-35)54-32/h1-5,15-17,19-21,23-25,27-29,31-40,42-48H,6-8H2. The zero-order chi connectivity index (χ0) is 40.0. The number of fused-ring (bicyclic) bond motifs is 1. The second kappa shape index (κ2) is 16.3. The molecule has 0 aliphatic carbocycles. The maximum atomic E-state index is 13.8. The molecular formula is C33H40O22. The number of hydrogen-bond donors (Lipinski definition) is 14. The molecule has 3 saturated heterocycles. The Morgan fingerprint density at radius 3 is 1.45 bits per heavy atom. The summed E-state index contributed by atoms with van der Waals surface area (Å²) >= 11 is 0. The summed E-state index contributed by atoms with van der Waals surface area (Å²) in [7, 11) is 0. The summed E-state index contributed by atoms with van der Waals surface area (Å²) in [5, 5.41) is 143. The number of rotatable bonds is 10. The third kappa shape index (κ3) is 7.63. The van der Waals surface area contributed by atoms with Gasteiger partial charge >= 0.3 is 0 Å². The van der Waals surface area contributed by atoms with Crippen LogP contribution in [0.2, 0.25) is 0 Å². The van der Waals surface area contributed by atoms with Crippen molar-refractivity contribution >= 4 is 11.0 Å². The number of hydrogen-bond acceptors (Lipinski definition) is 22. The van der Waals surface area contributed by atoms with Gasteiger partial charge in [-0.25, -0.2) is 0 Å². The smallest absolute Gasteiger partial charge is 0.238 e. The Balaban J connectivity index is 1.39. The highest BCUT2D eigenvalue weighted by Gasteiger charge is 2.47. The number of aliphatic hydroxyl groups is 12. The fourth-order valence-electron chi connectivity index (χ4n) is 6.24. The minimum absolute atomic E-state index is 0.160. The van der Waals surface area contributed by atoms with Crippen LogP contribution in [0.25, 0.3) is 22.3 Å². The maximum absolute atomic E-state index is 13.8. The molecule has 14 N–H and O–H groups in total. The Kier molecular flexibility index (Phi) is 12.0. The molecule has 3 fully saturated rings. The van der Waals surface area contributed by atoms with Crippen molar-refractivity contribution in [1.29, 1.82) is 0 Å². The number of aliphatic hydroxyl groups excluding tert-OH is 12. The van der Waals surface area contributed by atoms with Crippen LogP contribution in [0, 0.1) is 0 Å². The predicted molar refractivity (Wildman–Crippen MR) is 174 cm³/mol. The SMILES string of the molecule is O=c1c(O)c(-c2ccc(OC3OC(CO)C(O)C(O)C3O)c(O)c2)oc2cc(OC3OC(CO)C(O)C(O)C3O)cc(OC3OC(CO)C(O)C(O)C3O)c12. The van der Waals surface area contributed by atoms with E-state index in [2.05, 4.69) is 0 Å². The largest absolute Gasteiger partial charge is 0.504 e. The quantitative estimate of drug-likeness (QED) is 0.0910. The Hall–Kier alpha value is -3.95. The van der Waals surface area contributed by atoms with Gasteiger partial charge in [-0.1, -0.05) is 0 Å². The molecule has 22 nitrogen and oxygen atoms in total. The molecule has 0 amide bonds. The third-order valence-electron chi connectivity index (χ3n) is 9.41. The fraction of sp³-hybridized carbons (Fsp3) is 0.545. The molecule has 0 saturated carbocycles. The average Bonchev–Trinajstić information content (AvgIpc) is 3.17. The van der Waals surface area contributed by atoms with Crippen LogP contribution in [0.15, 0.2) is 39.5 Å². The number of phenols is 1. The van der Waals surface area contributed by atoms with Crippen LogP contribution in [0.4, 0.5) is 0 Å². The molecule has 2 aromatic carbocycles. The molecule has 3 aliphatic rings. The molecule has 0 bridgehead atoms. The van der Waals surface area contributed by atoms with Crippen LogP contribution in [0.1, 0.15) is 0 Å². The molecule has 1 aromatic heterocycles. The lowest BCUT2D eigenvalue weighted by Crippen LogP contribution is -2.60. The Morgan fingerprint density at radius 1 is 0.545 bits per heavy atom. The van der Waals surface area contributed by atoms with Gasteiger partial charge in [-0.2, -0.15) is 0 Å². The number of aromatic hydroxyl groups is 2. The zero-order valence-electron chi connectivity index (χ0n) is 28.2. The van der Waals surface area contributed by atoms with Gasteiger partial charge in [0, 0.05) is 17.7 Å². The first-order valence-corrected chi connectivity index (χ1v) is 16.7. The molecule has 22 heteroatoms. The number of ether oxygens (including phenoxy) is 6. The second-order valence-electron chi connectivity index (χ2n) is 13.0. The van der Waals surface area contributed by atoms with Crippen molar-refractivity contribution in [2.24, 2.45) is 0 Å². The van der Waals surface area contributed by atoms with Gasteiger partial charge in [0.2, 0.25) is 30.0 Å². The fourth-order valence-corrected chi connectivity index (χ4v) is 6.24. The molecule has 3 aliphatic heterocycles. The van der Waals surface area contributed by atoms with E-state index in [0.717, 1.165) is 24.3 Å². The first-order chi connectivity index (χ1) is 26.1. The van der Waals surface area contributed by atoms with Crippen molar-refractivity contribution in [2.75, 3.05) is 19.8 Å². The molecule has 3 aromatic rings. The lowest BCUT2D eigenvalue weighted by Gasteiger charge is -2.40. The Bertz CT molecular complexity index is 1870. The first-order valence-electron chi connectivity index (χ1n) is 16.7. The summed E-state index contributed by atoms with van der Waals surface area (Å²) in [4.78, 5) is 13.8. The van der Waals surface area contributed by atoms with E-state index in [0.29, 0.717) is 0 Å². The van der Waals surface area contributed by atoms with Crippen molar-refractivity contribution < 1.29 is 104 Å². The van der Waals surface area contributed by atoms with Crippen molar-refractivity contribution in [3.05, 3.63) is 40.6 Å². The molecule has 0 spiro atoms. The van der Waals surface area contributed by atoms with Crippen LogP contribution in [-0.4, -0.2) is 183 Å². The molecule has 15 atom stereocenters. The molecule has 15 unspecified atom stereocenters. The monoisotopic (exact) mass is 788 g/mol. The molecule has 4 heterocycles. The van der Waals surface area contributed by atoms with Crippen LogP contribution in [0.5, 0.6) is 28.7 Å². The van der Waals surface area contributed by atoms with Gasteiger partial charge in [-0.05, 0) is 18.2 Å². The van der Waals surface area contributed by atoms with E-state index in [9.17, 15) is 76.3 Å². The summed E-state index contributed by atoms with van der Waals surface area (Å²) in [6.45, 7) is -2.39. The van der Waals surface area contributed by atoms with E-state index in [4.69, 9.17) is 32.8 Å². The normalized spacial score (nSPS) is 36.8. The summed E-state index contributed by atoms with van der Waals surface area (Å²) in [6, 6.07) is 5.25. The second-order valence-corrected chi connectivity index (χ2v) is 13.0. The third-order valence-corrected chi connectivity index (χ3v) is 9.41. The van der Waals surface area contributed by atoms with Gasteiger partial charge in [0.15, 0.2) is 17.3 Å². The first kappa shape index (κ1) is 40.7. The Labute approximate surface area is 307 Å². The van der Waals surface area contributed by atoms with E-state index >= 15 is 0 Å². The topological polar surface area (TPSA) is 369 Å². The van der Waals surface area contributed by atoms with E-state index in [1.54, 1.807) is 0 Å². The summed E-state index contributed by atoms with van der Waals surface area (Å²) in [5.41, 5.74) is -1.79. The summed E-state index contributed by atoms with van der Waals surface area (Å²) < 4.78 is 38.8. The predicted octanol–water partition coefficient (Wildman–Crippen LogP) is -5.59. The van der Waals surface area contributed by atoms with Gasteiger partial charge in [-0.15, -0.1) is 0 Å². The zero-order valence-corrected chi connectivity index (χ0v) is 28.2. The maximum Gasteiger partial charge on any atom is 0.238 e. The van der Waals surface area contributed by atoms with Gasteiger partial charge in [0.1, 0.15) is 95.7 Å². The molecular weight excluding hydrogens is 748 g/mol. The lowest BCUT2D eigenvalue weighted by molar-refractivity contribution is -0.278. The lowest BCUT2D eigenvalue weighted by atomic mass is 9.99. The minimum Gasteiger partial charge on any atom is -0.504 e. The number of phenolic OH excluding ortho intramolecular Hbond substituents is 1. The highest BCUT2D eigenvalue weighted by atomic mass is 16.7. The van der Waals surface area contributed by atoms with E-state index in [1.807, 2.05) is 0 Å². The Morgan fingerprint density at radius 2 is 1.00 bits per heavy atom. The van der Waals surface area contributed by atoms with Gasteiger partial charge in [0.25, 0.3) is 0 Å². The highest BCUT2D eigenvalue weighted by molar-refractivity contribution is 5.88. The van der Waals surface area contributed by atoms with Crippen LogP contribution < -0.4 is 19.6 Å². The minimum atomic E-state index is -1.98. The average molecular weight is 789 g/mol. The van der Waals surface area contributed by atoms with Crippen molar-refractivity contribution in [1.82, 2.24) is 0 Å². The van der Waals surface area contributed by atoms with Crippen molar-refractivity contribution in [2.45, 2.75) is 92.1 Å². The summed E-state index contributed by atoms with van der Waals surface area (Å²) in [6.07, 6.45) is -25.9. The van der Waals surface area contributed by atoms with Crippen LogP contribution >= 0.6 is 0 Å². The molecule has 0 radical (unpaired) electrons. The van der Waals surface area contributed by atoms with E-state index < -0.39 is 151 Å². The van der Waals surface area contributed by atoms with Crippen molar-refractivity contribution in [3.8, 4) is 40.1 Å². The molecule has 55 heavy (non-hydrogen) atoms.